The van der Waals surface area contributed by atoms with Gasteiger partial charge in [-0.25, -0.2) is 0 Å². The third-order valence-electron chi connectivity index (χ3n) is 6.64. The molecule has 1 saturated carbocycles. The molecular formula is C23H31N3O. The maximum Gasteiger partial charge on any atom is 0.0755 e. The number of fused-ring (bicyclic) bond motifs is 1. The van der Waals surface area contributed by atoms with Crippen molar-refractivity contribution in [1.82, 2.24) is 9.47 Å². The Labute approximate surface area is 162 Å². The summed E-state index contributed by atoms with van der Waals surface area (Å²) < 4.78 is 2.41. The lowest BCUT2D eigenvalue weighted by Gasteiger charge is -2.40. The fraction of sp³-hybridized carbons (Fsp3) is 0.522. The van der Waals surface area contributed by atoms with Crippen LogP contribution in [0.25, 0.3) is 10.9 Å². The highest BCUT2D eigenvalue weighted by Crippen LogP contribution is 2.34. The summed E-state index contributed by atoms with van der Waals surface area (Å²) in [7, 11) is 0. The molecule has 4 heteroatoms. The number of hydrogen-bond acceptors (Lipinski definition) is 3. The molecule has 0 atom stereocenters. The van der Waals surface area contributed by atoms with Crippen LogP contribution in [0.1, 0.15) is 64.0 Å². The average Bonchev–Trinajstić information content (AvgIpc) is 3.07. The second kappa shape index (κ2) is 7.89. The van der Waals surface area contributed by atoms with E-state index in [1.807, 2.05) is 6.07 Å². The normalized spacial score (nSPS) is 22.7. The molecule has 0 amide bonds. The molecule has 2 fully saturated rings. The molecular weight excluding hydrogens is 334 g/mol. The maximum atomic E-state index is 8.98. The van der Waals surface area contributed by atoms with Crippen LogP contribution in [0.5, 0.6) is 0 Å². The van der Waals surface area contributed by atoms with Crippen LogP contribution in [0.15, 0.2) is 46.8 Å². The molecule has 144 valence electrons. The Kier molecular flexibility index (Phi) is 5.35. The molecule has 1 aromatic carbocycles. The van der Waals surface area contributed by atoms with E-state index in [1.54, 1.807) is 11.8 Å². The third-order valence-corrected chi connectivity index (χ3v) is 6.64. The SMILES string of the molecule is CC(C)=C1CCC(N2CCC(n3cc(/C=N/O)c4ccccc43)CC2)CC1. The van der Waals surface area contributed by atoms with Gasteiger partial charge in [-0.2, -0.15) is 0 Å². The van der Waals surface area contributed by atoms with Crippen molar-refractivity contribution < 1.29 is 5.21 Å². The number of allylic oxidation sites excluding steroid dienone is 2. The van der Waals surface area contributed by atoms with Gasteiger partial charge in [-0.1, -0.05) is 34.5 Å². The summed E-state index contributed by atoms with van der Waals surface area (Å²) in [5.41, 5.74) is 5.47. The minimum absolute atomic E-state index is 0.531. The summed E-state index contributed by atoms with van der Waals surface area (Å²) in [5, 5.41) is 13.4. The number of aromatic nitrogens is 1. The van der Waals surface area contributed by atoms with Gasteiger partial charge in [0.25, 0.3) is 0 Å². The van der Waals surface area contributed by atoms with Gasteiger partial charge in [0, 0.05) is 47.8 Å². The lowest BCUT2D eigenvalue weighted by Crippen LogP contribution is -2.42. The molecule has 0 spiro atoms. The summed E-state index contributed by atoms with van der Waals surface area (Å²) in [4.78, 5) is 2.74. The monoisotopic (exact) mass is 365 g/mol. The van der Waals surface area contributed by atoms with Gasteiger partial charge in [0.15, 0.2) is 0 Å². The van der Waals surface area contributed by atoms with Gasteiger partial charge in [0.2, 0.25) is 0 Å². The molecule has 4 nitrogen and oxygen atoms in total. The molecule has 0 bridgehead atoms. The van der Waals surface area contributed by atoms with Gasteiger partial charge in [0.05, 0.1) is 6.21 Å². The first-order valence-corrected chi connectivity index (χ1v) is 10.3. The second-order valence-corrected chi connectivity index (χ2v) is 8.36. The minimum atomic E-state index is 0.531. The lowest BCUT2D eigenvalue weighted by molar-refractivity contribution is 0.117. The summed E-state index contributed by atoms with van der Waals surface area (Å²) in [5.74, 6) is 0. The quantitative estimate of drug-likeness (QED) is 0.344. The first kappa shape index (κ1) is 18.3. The number of oxime groups is 1. The Morgan fingerprint density at radius 2 is 1.74 bits per heavy atom. The molecule has 2 aromatic rings. The number of benzene rings is 1. The van der Waals surface area contributed by atoms with Crippen molar-refractivity contribution in [1.29, 1.82) is 0 Å². The lowest BCUT2D eigenvalue weighted by atomic mass is 9.86. The molecule has 1 aliphatic heterocycles. The molecule has 0 unspecified atom stereocenters. The van der Waals surface area contributed by atoms with Crippen molar-refractivity contribution in [3.05, 3.63) is 47.2 Å². The molecule has 1 N–H and O–H groups in total. The molecule has 2 heterocycles. The number of para-hydroxylation sites is 1. The predicted molar refractivity (Wildman–Crippen MR) is 112 cm³/mol. The number of piperidine rings is 1. The molecule has 27 heavy (non-hydrogen) atoms. The smallest absolute Gasteiger partial charge is 0.0755 e. The summed E-state index contributed by atoms with van der Waals surface area (Å²) in [6.07, 6.45) is 11.3. The largest absolute Gasteiger partial charge is 0.411 e. The summed E-state index contributed by atoms with van der Waals surface area (Å²) >= 11 is 0. The first-order chi connectivity index (χ1) is 13.2. The zero-order valence-corrected chi connectivity index (χ0v) is 16.6. The van der Waals surface area contributed by atoms with Crippen molar-refractivity contribution >= 4 is 17.1 Å². The van der Waals surface area contributed by atoms with Crippen LogP contribution in [0, 0.1) is 0 Å². The van der Waals surface area contributed by atoms with Gasteiger partial charge >= 0.3 is 0 Å². The van der Waals surface area contributed by atoms with Crippen LogP contribution in [0.4, 0.5) is 0 Å². The van der Waals surface area contributed by atoms with Gasteiger partial charge in [0.1, 0.15) is 0 Å². The van der Waals surface area contributed by atoms with E-state index in [2.05, 4.69) is 52.9 Å². The third kappa shape index (κ3) is 3.68. The van der Waals surface area contributed by atoms with Crippen LogP contribution >= 0.6 is 0 Å². The molecule has 2 aliphatic rings. The van der Waals surface area contributed by atoms with E-state index in [0.29, 0.717) is 6.04 Å². The number of rotatable bonds is 3. The van der Waals surface area contributed by atoms with Gasteiger partial charge in [-0.3, -0.25) is 0 Å². The second-order valence-electron chi connectivity index (χ2n) is 8.36. The fourth-order valence-corrected chi connectivity index (χ4v) is 5.04. The predicted octanol–water partition coefficient (Wildman–Crippen LogP) is 5.37. The van der Waals surface area contributed by atoms with E-state index >= 15 is 0 Å². The number of nitrogens with zero attached hydrogens (tertiary/aromatic N) is 3. The highest BCUT2D eigenvalue weighted by molar-refractivity contribution is 5.99. The van der Waals surface area contributed by atoms with E-state index in [4.69, 9.17) is 5.21 Å². The van der Waals surface area contributed by atoms with Gasteiger partial charge in [-0.05, 0) is 58.4 Å². The Hall–Kier alpha value is -2.07. The average molecular weight is 366 g/mol. The zero-order valence-electron chi connectivity index (χ0n) is 16.6. The molecule has 0 radical (unpaired) electrons. The number of hydrogen-bond donors (Lipinski definition) is 1. The Morgan fingerprint density at radius 3 is 2.41 bits per heavy atom. The van der Waals surface area contributed by atoms with E-state index in [-0.39, 0.29) is 0 Å². The maximum absolute atomic E-state index is 8.98. The van der Waals surface area contributed by atoms with Crippen molar-refractivity contribution in [2.45, 2.75) is 64.5 Å². The Balaban J connectivity index is 1.44. The van der Waals surface area contributed by atoms with E-state index in [9.17, 15) is 0 Å². The fourth-order valence-electron chi connectivity index (χ4n) is 5.04. The van der Waals surface area contributed by atoms with Crippen molar-refractivity contribution in [3.8, 4) is 0 Å². The molecule has 1 aliphatic carbocycles. The molecule has 1 saturated heterocycles. The summed E-state index contributed by atoms with van der Waals surface area (Å²) in [6, 6.07) is 9.74. The Bertz CT molecular complexity index is 842. The van der Waals surface area contributed by atoms with Crippen molar-refractivity contribution in [2.24, 2.45) is 5.16 Å². The topological polar surface area (TPSA) is 40.8 Å². The van der Waals surface area contributed by atoms with Gasteiger partial charge < -0.3 is 14.7 Å². The number of likely N-dealkylation sites (tertiary alicyclic amines) is 1. The highest BCUT2D eigenvalue weighted by Gasteiger charge is 2.28. The van der Waals surface area contributed by atoms with Crippen LogP contribution < -0.4 is 0 Å². The van der Waals surface area contributed by atoms with Crippen LogP contribution in [-0.4, -0.2) is 40.0 Å². The van der Waals surface area contributed by atoms with Crippen molar-refractivity contribution in [3.63, 3.8) is 0 Å². The van der Waals surface area contributed by atoms with Crippen molar-refractivity contribution in [2.75, 3.05) is 13.1 Å². The van der Waals surface area contributed by atoms with E-state index in [0.717, 1.165) is 11.6 Å². The highest BCUT2D eigenvalue weighted by atomic mass is 16.4. The Morgan fingerprint density at radius 1 is 1.04 bits per heavy atom. The minimum Gasteiger partial charge on any atom is -0.411 e. The van der Waals surface area contributed by atoms with E-state index < -0.39 is 0 Å². The van der Waals surface area contributed by atoms with Crippen LogP contribution in [0.2, 0.25) is 0 Å². The van der Waals surface area contributed by atoms with Gasteiger partial charge in [-0.15, -0.1) is 0 Å². The first-order valence-electron chi connectivity index (χ1n) is 10.3. The zero-order chi connectivity index (χ0) is 18.8. The van der Waals surface area contributed by atoms with Crippen LogP contribution in [0.3, 0.4) is 0 Å². The summed E-state index contributed by atoms with van der Waals surface area (Å²) in [6.45, 7) is 6.90. The van der Waals surface area contributed by atoms with E-state index in [1.165, 1.54) is 68.1 Å². The molecule has 1 aromatic heterocycles. The van der Waals surface area contributed by atoms with Crippen LogP contribution in [-0.2, 0) is 0 Å². The standard InChI is InChI=1S/C23H31N3O/c1-17(2)18-7-9-20(10-8-18)25-13-11-21(12-14-25)26-16-19(15-24-27)22-5-3-4-6-23(22)26/h3-6,15-16,20-21,27H,7-14H2,1-2H3/b24-15+. The molecule has 4 rings (SSSR count).